The zero-order chi connectivity index (χ0) is 27.5. The van der Waals surface area contributed by atoms with Crippen LogP contribution in [0.15, 0.2) is 39.9 Å². The summed E-state index contributed by atoms with van der Waals surface area (Å²) in [5.41, 5.74) is 1.55. The molecule has 1 fully saturated rings. The van der Waals surface area contributed by atoms with Crippen molar-refractivity contribution in [1.82, 2.24) is 15.2 Å². The Labute approximate surface area is 227 Å². The van der Waals surface area contributed by atoms with Gasteiger partial charge >= 0.3 is 6.09 Å². The Hall–Kier alpha value is -3.82. The number of amides is 1. The lowest BCUT2D eigenvalue weighted by atomic mass is 9.82. The van der Waals surface area contributed by atoms with Crippen LogP contribution in [0.4, 0.5) is 18.6 Å². The molecular formula is C27H26F2N6O3S. The second kappa shape index (κ2) is 9.43. The molecule has 4 aliphatic rings. The van der Waals surface area contributed by atoms with E-state index in [-0.39, 0.29) is 45.1 Å². The molecule has 1 amide bonds. The van der Waals surface area contributed by atoms with E-state index in [0.717, 1.165) is 49.0 Å². The third kappa shape index (κ3) is 4.35. The molecule has 1 saturated heterocycles. The molecule has 1 unspecified atom stereocenters. The minimum Gasteiger partial charge on any atom is -0.444 e. The van der Waals surface area contributed by atoms with Crippen molar-refractivity contribution in [3.63, 3.8) is 0 Å². The number of nitriles is 1. The maximum Gasteiger partial charge on any atom is 0.412 e. The Morgan fingerprint density at radius 2 is 2.03 bits per heavy atom. The molecule has 5 heterocycles. The van der Waals surface area contributed by atoms with Crippen molar-refractivity contribution in [2.75, 3.05) is 31.6 Å². The van der Waals surface area contributed by atoms with E-state index in [1.54, 1.807) is 27.0 Å². The van der Waals surface area contributed by atoms with Crippen molar-refractivity contribution in [1.29, 1.82) is 5.26 Å². The van der Waals surface area contributed by atoms with Crippen LogP contribution in [0.25, 0.3) is 15.7 Å². The number of anilines is 1. The van der Waals surface area contributed by atoms with E-state index in [9.17, 15) is 10.1 Å². The highest BCUT2D eigenvalue weighted by atomic mass is 32.1. The number of thiophene rings is 1. The molecule has 202 valence electrons. The van der Waals surface area contributed by atoms with Gasteiger partial charge in [-0.3, -0.25) is 10.3 Å². The molecule has 3 aliphatic heterocycles. The van der Waals surface area contributed by atoms with Gasteiger partial charge in [-0.15, -0.1) is 11.3 Å². The number of aliphatic imine (C=N–C) groups is 1. The number of hydrogen-bond acceptors (Lipinski definition) is 9. The van der Waals surface area contributed by atoms with Crippen LogP contribution in [0, 0.1) is 17.1 Å². The smallest absolute Gasteiger partial charge is 0.412 e. The predicted molar refractivity (Wildman–Crippen MR) is 143 cm³/mol. The standard InChI is InChI=1S/C27H26F2N6O3S/c1-27(2,3)38-26(36)34-24-13(8-30)19-22(31-10-17(28)23(19)39-24)18-16-12-37-11-15(16)14-9-32-25(33-21(14)20(18)29)35-6-4-5-7-35/h9-10,21H,4-7,11-12H2,1-3H3,(H,32,33)(H,34,36). The molecule has 1 aliphatic carbocycles. The Bertz CT molecular complexity index is 1570. The summed E-state index contributed by atoms with van der Waals surface area (Å²) < 4.78 is 42.7. The van der Waals surface area contributed by atoms with Crippen LogP contribution >= 0.6 is 11.3 Å². The Kier molecular flexibility index (Phi) is 6.15. The number of pyridine rings is 1. The number of nitrogens with zero attached hydrogens (tertiary/aromatic N) is 4. The fraction of sp³-hybridized carbons (Fsp3) is 0.407. The van der Waals surface area contributed by atoms with Gasteiger partial charge in [0, 0.05) is 35.8 Å². The summed E-state index contributed by atoms with van der Waals surface area (Å²) in [7, 11) is 0. The molecule has 0 saturated carbocycles. The molecular weight excluding hydrogens is 526 g/mol. The predicted octanol–water partition coefficient (Wildman–Crippen LogP) is 4.98. The number of ether oxygens (including phenoxy) is 2. The summed E-state index contributed by atoms with van der Waals surface area (Å²) in [6.07, 6.45) is 4.09. The first-order valence-electron chi connectivity index (χ1n) is 12.7. The summed E-state index contributed by atoms with van der Waals surface area (Å²) in [4.78, 5) is 23.6. The molecule has 0 bridgehead atoms. The van der Waals surface area contributed by atoms with Crippen LogP contribution in [-0.4, -0.2) is 59.9 Å². The SMILES string of the molecule is CC(C)(C)OC(=O)Nc1sc2c(F)cnc(C3=C(F)C4N=C(N5CCCC5)NC=C4C4=C3COC4)c2c1C#N. The minimum absolute atomic E-state index is 0.0165. The molecule has 0 spiro atoms. The number of halogens is 2. The van der Waals surface area contributed by atoms with Crippen molar-refractivity contribution in [3.8, 4) is 6.07 Å². The molecule has 2 aromatic rings. The van der Waals surface area contributed by atoms with Crippen LogP contribution in [0.5, 0.6) is 0 Å². The van der Waals surface area contributed by atoms with Crippen molar-refractivity contribution in [3.05, 3.63) is 52.0 Å². The summed E-state index contributed by atoms with van der Waals surface area (Å²) in [5.74, 6) is -0.619. The Morgan fingerprint density at radius 3 is 2.74 bits per heavy atom. The van der Waals surface area contributed by atoms with E-state index in [1.165, 1.54) is 0 Å². The molecule has 0 radical (unpaired) electrons. The normalized spacial score (nSPS) is 20.8. The fourth-order valence-electron chi connectivity index (χ4n) is 5.29. The number of likely N-dealkylation sites (tertiary alicyclic amines) is 1. The number of carbonyl (C=O) groups is 1. The molecule has 2 aromatic heterocycles. The fourth-order valence-corrected chi connectivity index (χ4v) is 6.33. The van der Waals surface area contributed by atoms with Gasteiger partial charge in [-0.2, -0.15) is 5.26 Å². The number of carbonyl (C=O) groups excluding carboxylic acids is 1. The molecule has 2 N–H and O–H groups in total. The van der Waals surface area contributed by atoms with Crippen molar-refractivity contribution >= 4 is 44.0 Å². The molecule has 12 heteroatoms. The van der Waals surface area contributed by atoms with E-state index in [2.05, 4.69) is 26.6 Å². The zero-order valence-electron chi connectivity index (χ0n) is 21.7. The highest BCUT2D eigenvalue weighted by Crippen LogP contribution is 2.48. The second-order valence-corrected chi connectivity index (χ2v) is 11.7. The minimum atomic E-state index is -0.914. The van der Waals surface area contributed by atoms with Gasteiger partial charge in [-0.05, 0) is 44.8 Å². The van der Waals surface area contributed by atoms with Crippen LogP contribution in [0.1, 0.15) is 44.9 Å². The lowest BCUT2D eigenvalue weighted by Gasteiger charge is -2.31. The van der Waals surface area contributed by atoms with Gasteiger partial charge in [0.25, 0.3) is 0 Å². The number of fused-ring (bicyclic) bond motifs is 3. The van der Waals surface area contributed by atoms with Crippen molar-refractivity contribution in [2.45, 2.75) is 45.3 Å². The molecule has 6 rings (SSSR count). The highest BCUT2D eigenvalue weighted by molar-refractivity contribution is 7.23. The molecule has 39 heavy (non-hydrogen) atoms. The van der Waals surface area contributed by atoms with Gasteiger partial charge in [-0.1, -0.05) is 0 Å². The summed E-state index contributed by atoms with van der Waals surface area (Å²) in [5, 5.41) is 16.1. The van der Waals surface area contributed by atoms with Gasteiger partial charge < -0.3 is 19.7 Å². The number of aromatic nitrogens is 1. The van der Waals surface area contributed by atoms with E-state index in [0.29, 0.717) is 17.1 Å². The summed E-state index contributed by atoms with van der Waals surface area (Å²) >= 11 is 0.877. The second-order valence-electron chi connectivity index (χ2n) is 10.7. The quantitative estimate of drug-likeness (QED) is 0.540. The van der Waals surface area contributed by atoms with E-state index in [4.69, 9.17) is 14.5 Å². The van der Waals surface area contributed by atoms with E-state index in [1.807, 2.05) is 0 Å². The average Bonchev–Trinajstić information content (AvgIpc) is 3.64. The van der Waals surface area contributed by atoms with Crippen LogP contribution < -0.4 is 10.6 Å². The first-order chi connectivity index (χ1) is 18.7. The van der Waals surface area contributed by atoms with E-state index >= 15 is 8.78 Å². The molecule has 1 atom stereocenters. The van der Waals surface area contributed by atoms with Gasteiger partial charge in [0.05, 0.1) is 35.4 Å². The van der Waals surface area contributed by atoms with Gasteiger partial charge in [-0.25, -0.2) is 18.6 Å². The molecule has 0 aromatic carbocycles. The van der Waals surface area contributed by atoms with Crippen LogP contribution in [0.3, 0.4) is 0 Å². The Morgan fingerprint density at radius 1 is 1.28 bits per heavy atom. The van der Waals surface area contributed by atoms with Crippen LogP contribution in [0.2, 0.25) is 0 Å². The number of rotatable bonds is 2. The maximum absolute atomic E-state index is 16.5. The average molecular weight is 553 g/mol. The van der Waals surface area contributed by atoms with Gasteiger partial charge in [0.2, 0.25) is 0 Å². The molecule has 9 nitrogen and oxygen atoms in total. The lowest BCUT2D eigenvalue weighted by molar-refractivity contribution is 0.0636. The topological polar surface area (TPSA) is 112 Å². The van der Waals surface area contributed by atoms with Crippen molar-refractivity contribution in [2.24, 2.45) is 4.99 Å². The third-order valence-corrected chi connectivity index (χ3v) is 8.04. The van der Waals surface area contributed by atoms with Crippen LogP contribution in [-0.2, 0) is 9.47 Å². The first-order valence-corrected chi connectivity index (χ1v) is 13.5. The largest absolute Gasteiger partial charge is 0.444 e. The maximum atomic E-state index is 16.5. The summed E-state index contributed by atoms with van der Waals surface area (Å²) in [6.45, 7) is 7.21. The lowest BCUT2D eigenvalue weighted by Crippen LogP contribution is -2.42. The van der Waals surface area contributed by atoms with Gasteiger partial charge in [0.1, 0.15) is 28.5 Å². The highest BCUT2D eigenvalue weighted by Gasteiger charge is 2.40. The van der Waals surface area contributed by atoms with Crippen molar-refractivity contribution < 1.29 is 23.0 Å². The van der Waals surface area contributed by atoms with Gasteiger partial charge in [0.15, 0.2) is 11.8 Å². The zero-order valence-corrected chi connectivity index (χ0v) is 22.5. The monoisotopic (exact) mass is 552 g/mol. The first kappa shape index (κ1) is 25.5. The Balaban J connectivity index is 1.50. The van der Waals surface area contributed by atoms with E-state index < -0.39 is 29.4 Å². The number of nitrogens with one attached hydrogen (secondary N) is 2. The third-order valence-electron chi connectivity index (χ3n) is 6.93. The number of guanidine groups is 1. The number of hydrogen-bond donors (Lipinski definition) is 2. The summed E-state index contributed by atoms with van der Waals surface area (Å²) in [6, 6.07) is 1.14.